The van der Waals surface area contributed by atoms with Crippen molar-refractivity contribution < 1.29 is 9.53 Å². The van der Waals surface area contributed by atoms with E-state index in [1.165, 1.54) is 86.9 Å². The van der Waals surface area contributed by atoms with Crippen LogP contribution in [0.2, 0.25) is 0 Å². The summed E-state index contributed by atoms with van der Waals surface area (Å²) in [6.07, 6.45) is 0. The molecular weight excluding hydrogens is 777 g/mol. The van der Waals surface area contributed by atoms with Crippen molar-refractivity contribution in [1.29, 1.82) is 0 Å². The van der Waals surface area contributed by atoms with Crippen LogP contribution in [0.4, 0.5) is 0 Å². The molecule has 0 radical (unpaired) electrons. The first-order valence-electron chi connectivity index (χ1n) is 23.7. The van der Waals surface area contributed by atoms with E-state index in [1.54, 1.807) is 233 Å². The lowest BCUT2D eigenvalue weighted by atomic mass is 9.57. The van der Waals surface area contributed by atoms with E-state index in [0.29, 0.717) is 0 Å². The molecule has 4 aliphatic rings. The fourth-order valence-corrected chi connectivity index (χ4v) is 23.7. The minimum atomic E-state index is -0.944. The summed E-state index contributed by atoms with van der Waals surface area (Å²) in [6.45, 7) is 0. The van der Waals surface area contributed by atoms with Gasteiger partial charge >= 0.3 is 5.97 Å². The van der Waals surface area contributed by atoms with Gasteiger partial charge in [0.25, 0.3) is 0 Å². The van der Waals surface area contributed by atoms with E-state index in [0.717, 1.165) is 0 Å². The summed E-state index contributed by atoms with van der Waals surface area (Å²) in [5.74, 6) is -0.127. The second-order valence-electron chi connectivity index (χ2n) is 23.6. The average molecular weight is 781 g/mol. The largest absolute Gasteiger partial charge is 0.468 e. The van der Waals surface area contributed by atoms with Crippen LogP contribution in [0.3, 0.4) is 0 Å². The Morgan fingerprint density at radius 3 is 0.578 bits per heavy atom. The zero-order valence-corrected chi connectivity index (χ0v) is 32.4. The third-order valence-electron chi connectivity index (χ3n) is 23.6. The van der Waals surface area contributed by atoms with Gasteiger partial charge in [0.05, 0.1) is 7.11 Å². The van der Waals surface area contributed by atoms with Crippen LogP contribution in [0, 0.1) is 0 Å². The van der Waals surface area contributed by atoms with E-state index in [-0.39, 0.29) is 11.9 Å². The van der Waals surface area contributed by atoms with Crippen molar-refractivity contribution in [3.63, 3.8) is 0 Å². The van der Waals surface area contributed by atoms with Gasteiger partial charge in [0.1, 0.15) is 5.41 Å². The van der Waals surface area contributed by atoms with E-state index in [2.05, 4.69) is 0 Å². The van der Waals surface area contributed by atoms with Gasteiger partial charge < -0.3 is 4.74 Å². The van der Waals surface area contributed by atoms with Gasteiger partial charge in [-0.1, -0.05) is 0 Å². The molecule has 0 aromatic heterocycles. The second-order valence-corrected chi connectivity index (χ2v) is 23.6. The number of esters is 1. The fourth-order valence-electron chi connectivity index (χ4n) is 23.7. The zero-order chi connectivity index (χ0) is 37.8. The van der Waals surface area contributed by atoms with E-state index in [4.69, 9.17) is 4.74 Å². The summed E-state index contributed by atoms with van der Waals surface area (Å²) in [7, 11) is 1.72. The van der Waals surface area contributed by atoms with Crippen LogP contribution in [0.15, 0.2) is 0 Å². The maximum atomic E-state index is 16.3. The maximum Gasteiger partial charge on any atom is 0.321 e. The third-order valence-corrected chi connectivity index (χ3v) is 23.6. The van der Waals surface area contributed by atoms with E-state index >= 15 is 4.79 Å². The molecule has 0 fully saturated rings. The summed E-state index contributed by atoms with van der Waals surface area (Å²) in [6, 6.07) is 0. The topological polar surface area (TPSA) is 26.3 Å². The van der Waals surface area contributed by atoms with Gasteiger partial charge in [-0.15, -0.1) is 0 Å². The molecule has 0 spiro atoms. The highest BCUT2D eigenvalue weighted by Gasteiger charge is 2.66. The van der Waals surface area contributed by atoms with Gasteiger partial charge in [0.15, 0.2) is 0 Å². The number of ether oxygens (including phenoxy) is 1. The molecule has 0 amide bonds. The summed E-state index contributed by atoms with van der Waals surface area (Å²) in [4.78, 5) is 16.3. The van der Waals surface area contributed by atoms with Crippen LogP contribution in [0.25, 0.3) is 291 Å². The van der Waals surface area contributed by atoms with Gasteiger partial charge in [-0.2, -0.15) is 0 Å². The van der Waals surface area contributed by atoms with Crippen molar-refractivity contribution in [2.24, 2.45) is 0 Å². The average Bonchev–Trinajstić information content (AvgIpc) is 4.15. The quantitative estimate of drug-likeness (QED) is 0.122. The molecule has 0 heterocycles. The minimum absolute atomic E-state index is 0.0208. The second kappa shape index (κ2) is 4.99. The van der Waals surface area contributed by atoms with Crippen LogP contribution in [0.5, 0.6) is 0 Å². The van der Waals surface area contributed by atoms with Gasteiger partial charge in [0.2, 0.25) is 0 Å². The Morgan fingerprint density at radius 1 is 0.250 bits per heavy atom. The van der Waals surface area contributed by atoms with Gasteiger partial charge in [-0.05, 0) is 313 Å². The number of hydrogen-bond acceptors (Lipinski definition) is 2. The first-order valence-corrected chi connectivity index (χ1v) is 23.7. The van der Waals surface area contributed by atoms with Crippen molar-refractivity contribution in [2.45, 2.75) is 11.3 Å². The lowest BCUT2D eigenvalue weighted by Crippen LogP contribution is -2.45. The molecule has 0 saturated carbocycles. The van der Waals surface area contributed by atoms with Crippen LogP contribution >= 0.6 is 0 Å². The highest BCUT2D eigenvalue weighted by Crippen LogP contribution is 2.83. The number of carbonyl (C=O) groups excluding carboxylic acids is 1. The van der Waals surface area contributed by atoms with Crippen molar-refractivity contribution in [1.82, 2.24) is 0 Å². The standard InChI is InChI=1S/C62H4O2/c1-64-61(63)62-58-54-48-34-26-18-6-3-2-4-7(6)19-21-17-11(4)13-9-5(2)8-12-10(3)16-20(18)32(34)40-38-24(16)22(12)30-28-14(8)15(9)29-31-23(13)25(17)39-41-33(21)35(27(19)26)49(48)55(58)51(41)53-45(39)43(31)47-37(29)36(28)46-42(30)44(38)52(50(40)54)59(62)56(46)57(47)60(53)62/h58H,1H3. The van der Waals surface area contributed by atoms with E-state index in [9.17, 15) is 0 Å². The molecule has 264 valence electrons. The maximum absolute atomic E-state index is 16.3. The first-order chi connectivity index (χ1) is 31.8. The van der Waals surface area contributed by atoms with Crippen molar-refractivity contribution >= 4 is 297 Å². The Morgan fingerprint density at radius 2 is 0.391 bits per heavy atom. The molecular formula is C62H4O2. The lowest BCUT2D eigenvalue weighted by molar-refractivity contribution is -0.146. The van der Waals surface area contributed by atoms with Crippen LogP contribution in [0.1, 0.15) is 28.2 Å². The monoisotopic (exact) mass is 780 g/mol. The Balaban J connectivity index is 1.30. The Labute approximate surface area is 345 Å². The van der Waals surface area contributed by atoms with E-state index < -0.39 is 5.41 Å². The SMILES string of the molecule is COC(=O)C12c3c4c5c6c7c8c(c9c%10c1c1c3c3c%11c4c4c5c5c7c7c%12c8c8c9c9c%10c%10c1c1c3c3c%11c%11c4c4c5c7c5c7c%12c8c8c9c9c%10c1c1c3c3c%11c4c5c4c7c8c9c1c34)C62. The molecule has 0 saturated heterocycles. The summed E-state index contributed by atoms with van der Waals surface area (Å²) < 4.78 is 6.50. The van der Waals surface area contributed by atoms with Crippen molar-refractivity contribution in [3.8, 4) is 0 Å². The molecule has 28 aromatic carbocycles. The van der Waals surface area contributed by atoms with E-state index in [1.807, 2.05) is 0 Å². The van der Waals surface area contributed by atoms with Gasteiger partial charge in [0, 0.05) is 5.92 Å². The molecule has 32 rings (SSSR count). The van der Waals surface area contributed by atoms with Crippen molar-refractivity contribution in [3.05, 3.63) is 22.3 Å². The summed E-state index contributed by atoms with van der Waals surface area (Å²) in [5, 5.41) is 84.2. The molecule has 2 nitrogen and oxygen atoms in total. The molecule has 0 unspecified atom stereocenters. The molecule has 4 aliphatic carbocycles. The summed E-state index contributed by atoms with van der Waals surface area (Å²) >= 11 is 0. The molecule has 28 aromatic rings. The number of benzene rings is 18. The van der Waals surface area contributed by atoms with Crippen LogP contribution in [-0.4, -0.2) is 13.1 Å². The lowest BCUT2D eigenvalue weighted by Gasteiger charge is -2.42. The van der Waals surface area contributed by atoms with Gasteiger partial charge in [-0.25, -0.2) is 0 Å². The zero-order valence-electron chi connectivity index (χ0n) is 32.4. The number of methoxy groups -OCH3 is 1. The minimum Gasteiger partial charge on any atom is -0.468 e. The molecule has 0 atom stereocenters. The molecule has 0 N–H and O–H groups in total. The summed E-state index contributed by atoms with van der Waals surface area (Å²) in [5.41, 5.74) is 4.75. The van der Waals surface area contributed by atoms with Gasteiger partial charge in [-0.3, -0.25) is 4.79 Å². The smallest absolute Gasteiger partial charge is 0.321 e. The molecule has 64 heavy (non-hydrogen) atoms. The predicted octanol–water partition coefficient (Wildman–Crippen LogP) is 16.3. The fraction of sp³-hybridized carbons (Fsp3) is 0.0484. The molecule has 0 aliphatic heterocycles. The number of rotatable bonds is 1. The van der Waals surface area contributed by atoms with Crippen LogP contribution in [-0.2, 0) is 14.9 Å². The highest BCUT2D eigenvalue weighted by molar-refractivity contribution is 6.82. The number of hydrogen-bond donors (Lipinski definition) is 0. The van der Waals surface area contributed by atoms with Crippen LogP contribution < -0.4 is 0 Å². The molecule has 0 bridgehead atoms. The number of carbonyl (C=O) groups is 1. The third kappa shape index (κ3) is 1.13. The van der Waals surface area contributed by atoms with Crippen molar-refractivity contribution in [2.75, 3.05) is 7.11 Å². The Hall–Kier alpha value is -8.07. The predicted molar refractivity (Wildman–Crippen MR) is 267 cm³/mol. The Kier molecular flexibility index (Phi) is 1.78. The normalized spacial score (nSPS) is 21.5. The Bertz CT molecular complexity index is 6760. The first kappa shape index (κ1) is 22.9. The highest BCUT2D eigenvalue weighted by atomic mass is 16.5. The molecule has 2 heteroatoms.